The zero-order valence-corrected chi connectivity index (χ0v) is 13.8. The summed E-state index contributed by atoms with van der Waals surface area (Å²) in [4.78, 5) is 36.2. The van der Waals surface area contributed by atoms with E-state index in [9.17, 15) is 14.4 Å². The Morgan fingerprint density at radius 1 is 1.08 bits per heavy atom. The molecule has 0 radical (unpaired) electrons. The quantitative estimate of drug-likeness (QED) is 0.620. The largest absolute Gasteiger partial charge is 0.456 e. The Kier molecular flexibility index (Phi) is 6.17. The molecule has 0 spiro atoms. The van der Waals surface area contributed by atoms with Gasteiger partial charge in [0.05, 0.1) is 0 Å². The van der Waals surface area contributed by atoms with E-state index in [2.05, 4.69) is 0 Å². The maximum atomic E-state index is 12.4. The number of rotatable bonds is 4. The summed E-state index contributed by atoms with van der Waals surface area (Å²) in [7, 11) is 0. The number of benzene rings is 1. The van der Waals surface area contributed by atoms with Crippen LogP contribution in [0, 0.1) is 0 Å². The van der Waals surface area contributed by atoms with Crippen molar-refractivity contribution in [3.8, 4) is 0 Å². The van der Waals surface area contributed by atoms with E-state index in [1.54, 1.807) is 0 Å². The highest BCUT2D eigenvalue weighted by Gasteiger charge is 2.39. The predicted octanol–water partition coefficient (Wildman–Crippen LogP) is 2.24. The highest BCUT2D eigenvalue weighted by atomic mass is 16.6. The predicted molar refractivity (Wildman–Crippen MR) is 83.7 cm³/mol. The van der Waals surface area contributed by atoms with Crippen molar-refractivity contribution in [3.63, 3.8) is 0 Å². The van der Waals surface area contributed by atoms with Crippen molar-refractivity contribution in [2.24, 2.45) is 0 Å². The van der Waals surface area contributed by atoms with Gasteiger partial charge in [-0.05, 0) is 18.4 Å². The fraction of sp³-hybridized carbons (Fsp3) is 0.471. The van der Waals surface area contributed by atoms with Gasteiger partial charge in [0.15, 0.2) is 6.10 Å². The van der Waals surface area contributed by atoms with Crippen LogP contribution >= 0.6 is 0 Å². The molecular weight excluding hydrogens is 314 g/mol. The van der Waals surface area contributed by atoms with Crippen LogP contribution in [0.25, 0.3) is 0 Å². The lowest BCUT2D eigenvalue weighted by Gasteiger charge is -2.38. The molecule has 1 fully saturated rings. The topological polar surface area (TPSA) is 82.1 Å². The second-order valence-electron chi connectivity index (χ2n) is 5.52. The Labute approximate surface area is 140 Å². The van der Waals surface area contributed by atoms with E-state index < -0.39 is 30.4 Å². The number of nitrogens with zero attached hydrogens (tertiary/aromatic N) is 1. The second kappa shape index (κ2) is 8.33. The van der Waals surface area contributed by atoms with Crippen LogP contribution in [0.5, 0.6) is 0 Å². The Bertz CT molecular complexity index is 588. The van der Waals surface area contributed by atoms with E-state index in [1.807, 2.05) is 30.3 Å². The molecule has 1 amide bonds. The first-order valence-electron chi connectivity index (χ1n) is 7.79. The van der Waals surface area contributed by atoms with Crippen LogP contribution in [0.4, 0.5) is 4.79 Å². The standard InChI is InChI=1S/C17H21NO6/c1-12(19)23-15-9-6-10-18(16(15)24-13(2)20)17(21)22-11-14-7-4-3-5-8-14/h3-5,7-8,15-16H,6,9-11H2,1-2H3/t15-,16-/m1/s1. The fourth-order valence-electron chi connectivity index (χ4n) is 2.57. The van der Waals surface area contributed by atoms with Crippen molar-refractivity contribution < 1.29 is 28.6 Å². The number of ether oxygens (including phenoxy) is 3. The maximum Gasteiger partial charge on any atom is 0.413 e. The van der Waals surface area contributed by atoms with E-state index in [4.69, 9.17) is 14.2 Å². The second-order valence-corrected chi connectivity index (χ2v) is 5.52. The van der Waals surface area contributed by atoms with Crippen molar-refractivity contribution in [1.29, 1.82) is 0 Å². The molecule has 7 heteroatoms. The molecule has 7 nitrogen and oxygen atoms in total. The van der Waals surface area contributed by atoms with Crippen LogP contribution in [-0.4, -0.2) is 41.8 Å². The molecule has 0 aliphatic carbocycles. The lowest BCUT2D eigenvalue weighted by molar-refractivity contribution is -0.185. The Balaban J connectivity index is 2.04. The van der Waals surface area contributed by atoms with Gasteiger partial charge < -0.3 is 14.2 Å². The van der Waals surface area contributed by atoms with E-state index in [-0.39, 0.29) is 6.61 Å². The lowest BCUT2D eigenvalue weighted by atomic mass is 10.1. The summed E-state index contributed by atoms with van der Waals surface area (Å²) in [6.45, 7) is 2.99. The number of carbonyl (C=O) groups excluding carboxylic acids is 3. The van der Waals surface area contributed by atoms with Gasteiger partial charge >= 0.3 is 18.0 Å². The van der Waals surface area contributed by atoms with Gasteiger partial charge in [-0.1, -0.05) is 30.3 Å². The van der Waals surface area contributed by atoms with E-state index >= 15 is 0 Å². The van der Waals surface area contributed by atoms with Gasteiger partial charge in [-0.15, -0.1) is 0 Å². The lowest BCUT2D eigenvalue weighted by Crippen LogP contribution is -2.54. The van der Waals surface area contributed by atoms with Crippen LogP contribution in [-0.2, 0) is 30.4 Å². The zero-order valence-electron chi connectivity index (χ0n) is 13.8. The van der Waals surface area contributed by atoms with Gasteiger partial charge in [-0.25, -0.2) is 4.79 Å². The molecule has 0 bridgehead atoms. The zero-order chi connectivity index (χ0) is 17.5. The average Bonchev–Trinajstić information content (AvgIpc) is 2.54. The highest BCUT2D eigenvalue weighted by Crippen LogP contribution is 2.23. The minimum atomic E-state index is -0.969. The monoisotopic (exact) mass is 335 g/mol. The molecule has 0 aromatic heterocycles. The molecule has 1 saturated heterocycles. The summed E-state index contributed by atoms with van der Waals surface area (Å²) >= 11 is 0. The van der Waals surface area contributed by atoms with Crippen LogP contribution in [0.15, 0.2) is 30.3 Å². The van der Waals surface area contributed by atoms with E-state index in [1.165, 1.54) is 18.7 Å². The van der Waals surface area contributed by atoms with Gasteiger partial charge in [0.1, 0.15) is 6.61 Å². The van der Waals surface area contributed by atoms with Gasteiger partial charge in [0.2, 0.25) is 6.23 Å². The average molecular weight is 335 g/mol. The molecule has 0 saturated carbocycles. The summed E-state index contributed by atoms with van der Waals surface area (Å²) in [5.74, 6) is -1.04. The smallest absolute Gasteiger partial charge is 0.413 e. The first-order valence-corrected chi connectivity index (χ1v) is 7.79. The van der Waals surface area contributed by atoms with Crippen molar-refractivity contribution in [1.82, 2.24) is 4.90 Å². The summed E-state index contributed by atoms with van der Waals surface area (Å²) in [6, 6.07) is 9.25. The van der Waals surface area contributed by atoms with Gasteiger partial charge in [-0.2, -0.15) is 0 Å². The summed E-state index contributed by atoms with van der Waals surface area (Å²) in [6.07, 6.45) is -1.13. The summed E-state index contributed by atoms with van der Waals surface area (Å²) in [5, 5.41) is 0. The van der Waals surface area contributed by atoms with Crippen molar-refractivity contribution in [2.75, 3.05) is 6.54 Å². The third-order valence-electron chi connectivity index (χ3n) is 3.56. The molecule has 0 unspecified atom stereocenters. The fourth-order valence-corrected chi connectivity index (χ4v) is 2.57. The summed E-state index contributed by atoms with van der Waals surface area (Å²) in [5.41, 5.74) is 0.850. The number of esters is 2. The first-order chi connectivity index (χ1) is 11.5. The third-order valence-corrected chi connectivity index (χ3v) is 3.56. The van der Waals surface area contributed by atoms with Crippen LogP contribution in [0.3, 0.4) is 0 Å². The number of amides is 1. The number of likely N-dealkylation sites (tertiary alicyclic amines) is 1. The van der Waals surface area contributed by atoms with Crippen LogP contribution in [0.2, 0.25) is 0 Å². The van der Waals surface area contributed by atoms with Gasteiger partial charge in [0.25, 0.3) is 0 Å². The van der Waals surface area contributed by atoms with Gasteiger partial charge in [-0.3, -0.25) is 14.5 Å². The first kappa shape index (κ1) is 17.8. The minimum absolute atomic E-state index is 0.112. The third kappa shape index (κ3) is 4.97. The molecule has 130 valence electrons. The molecule has 1 heterocycles. The summed E-state index contributed by atoms with van der Waals surface area (Å²) < 4.78 is 15.7. The molecule has 0 N–H and O–H groups in total. The molecule has 2 atom stereocenters. The molecular formula is C17H21NO6. The van der Waals surface area contributed by atoms with E-state index in [0.29, 0.717) is 19.4 Å². The molecule has 1 aliphatic heterocycles. The van der Waals surface area contributed by atoms with Crippen molar-refractivity contribution in [3.05, 3.63) is 35.9 Å². The number of hydrogen-bond donors (Lipinski definition) is 0. The number of hydrogen-bond acceptors (Lipinski definition) is 6. The highest BCUT2D eigenvalue weighted by molar-refractivity contribution is 5.70. The maximum absolute atomic E-state index is 12.4. The van der Waals surface area contributed by atoms with E-state index in [0.717, 1.165) is 5.56 Å². The normalized spacial score (nSPS) is 20.2. The van der Waals surface area contributed by atoms with Crippen LogP contribution < -0.4 is 0 Å². The SMILES string of the molecule is CC(=O)O[C@@H]1[C@H](OC(C)=O)CCCN1C(=O)OCc1ccccc1. The molecule has 2 rings (SSSR count). The molecule has 24 heavy (non-hydrogen) atoms. The Morgan fingerprint density at radius 3 is 2.38 bits per heavy atom. The number of piperidine rings is 1. The minimum Gasteiger partial charge on any atom is -0.456 e. The van der Waals surface area contributed by atoms with Gasteiger partial charge in [0, 0.05) is 20.4 Å². The van der Waals surface area contributed by atoms with Crippen molar-refractivity contribution >= 4 is 18.0 Å². The molecule has 1 aromatic carbocycles. The molecule has 1 aliphatic rings. The Morgan fingerprint density at radius 2 is 1.75 bits per heavy atom. The molecule has 1 aromatic rings. The van der Waals surface area contributed by atoms with Crippen LogP contribution in [0.1, 0.15) is 32.3 Å². The van der Waals surface area contributed by atoms with Crippen molar-refractivity contribution in [2.45, 2.75) is 45.6 Å². The number of carbonyl (C=O) groups is 3. The Hall–Kier alpha value is -2.57.